The van der Waals surface area contributed by atoms with Crippen LogP contribution in [0, 0.1) is 5.92 Å². The molecule has 5 heteroatoms. The zero-order valence-electron chi connectivity index (χ0n) is 9.87. The molecule has 0 saturated carbocycles. The Hall–Kier alpha value is 0.200. The predicted octanol–water partition coefficient (Wildman–Crippen LogP) is 2.31. The lowest BCUT2D eigenvalue weighted by Gasteiger charge is -2.23. The van der Waals surface area contributed by atoms with Crippen LogP contribution in [0.3, 0.4) is 0 Å². The third kappa shape index (κ3) is 9.15. The largest absolute Gasteiger partial charge is 0.303 e. The van der Waals surface area contributed by atoms with Crippen molar-refractivity contribution in [2.24, 2.45) is 5.92 Å². The number of hydrogen-bond acceptors (Lipinski definition) is 3. The number of rotatable bonds is 8. The first-order valence-electron chi connectivity index (χ1n) is 5.53. The van der Waals surface area contributed by atoms with Gasteiger partial charge in [0.15, 0.2) is 0 Å². The molecular weight excluding hydrogens is 234 g/mol. The van der Waals surface area contributed by atoms with E-state index >= 15 is 0 Å². The molecular formula is C10H22ClNO2S. The zero-order valence-corrected chi connectivity index (χ0v) is 11.4. The Kier molecular flexibility index (Phi) is 7.57. The minimum absolute atomic E-state index is 0.0750. The van der Waals surface area contributed by atoms with Crippen molar-refractivity contribution in [2.75, 3.05) is 25.4 Å². The summed E-state index contributed by atoms with van der Waals surface area (Å²) in [6.07, 6.45) is 1.78. The van der Waals surface area contributed by atoms with Crippen LogP contribution in [0.25, 0.3) is 0 Å². The van der Waals surface area contributed by atoms with Gasteiger partial charge >= 0.3 is 0 Å². The molecule has 15 heavy (non-hydrogen) atoms. The van der Waals surface area contributed by atoms with Gasteiger partial charge in [-0.05, 0) is 25.4 Å². The van der Waals surface area contributed by atoms with E-state index in [2.05, 4.69) is 25.7 Å². The van der Waals surface area contributed by atoms with Crippen molar-refractivity contribution in [1.82, 2.24) is 4.90 Å². The second kappa shape index (κ2) is 7.47. The molecule has 0 radical (unpaired) electrons. The third-order valence-electron chi connectivity index (χ3n) is 2.58. The summed E-state index contributed by atoms with van der Waals surface area (Å²) < 4.78 is 21.5. The molecule has 0 aliphatic rings. The molecule has 0 bridgehead atoms. The molecule has 0 aromatic heterocycles. The molecule has 1 unspecified atom stereocenters. The van der Waals surface area contributed by atoms with Crippen LogP contribution in [0.4, 0.5) is 0 Å². The van der Waals surface area contributed by atoms with E-state index < -0.39 is 9.05 Å². The highest BCUT2D eigenvalue weighted by molar-refractivity contribution is 8.13. The monoisotopic (exact) mass is 255 g/mol. The fourth-order valence-electron chi connectivity index (χ4n) is 1.41. The normalized spacial score (nSPS) is 14.5. The highest BCUT2D eigenvalue weighted by Gasteiger charge is 2.09. The number of nitrogens with zero attached hydrogens (tertiary/aromatic N) is 1. The van der Waals surface area contributed by atoms with Gasteiger partial charge in [0.1, 0.15) is 0 Å². The summed E-state index contributed by atoms with van der Waals surface area (Å²) >= 11 is 0. The summed E-state index contributed by atoms with van der Waals surface area (Å²) in [6, 6.07) is 0. The minimum atomic E-state index is -3.32. The van der Waals surface area contributed by atoms with E-state index in [4.69, 9.17) is 10.7 Å². The summed E-state index contributed by atoms with van der Waals surface area (Å²) in [7, 11) is 1.83. The van der Waals surface area contributed by atoms with Gasteiger partial charge < -0.3 is 4.90 Å². The Morgan fingerprint density at radius 3 is 2.33 bits per heavy atom. The van der Waals surface area contributed by atoms with E-state index in [1.54, 1.807) is 0 Å². The summed E-state index contributed by atoms with van der Waals surface area (Å²) in [4.78, 5) is 2.27. The lowest BCUT2D eigenvalue weighted by Crippen LogP contribution is -2.30. The quantitative estimate of drug-likeness (QED) is 0.625. The van der Waals surface area contributed by atoms with Crippen LogP contribution in [-0.4, -0.2) is 38.7 Å². The Labute approximate surface area is 98.2 Å². The number of hydrogen-bond donors (Lipinski definition) is 0. The fraction of sp³-hybridized carbons (Fsp3) is 1.00. The maximum absolute atomic E-state index is 10.7. The van der Waals surface area contributed by atoms with Gasteiger partial charge in [-0.2, -0.15) is 0 Å². The lowest BCUT2D eigenvalue weighted by atomic mass is 10.1. The molecule has 0 aliphatic heterocycles. The van der Waals surface area contributed by atoms with Crippen LogP contribution < -0.4 is 0 Å². The summed E-state index contributed by atoms with van der Waals surface area (Å²) in [5.41, 5.74) is 0. The predicted molar refractivity (Wildman–Crippen MR) is 65.8 cm³/mol. The molecule has 0 aromatic rings. The topological polar surface area (TPSA) is 37.4 Å². The van der Waals surface area contributed by atoms with Crippen LogP contribution in [0.15, 0.2) is 0 Å². The van der Waals surface area contributed by atoms with E-state index in [1.807, 2.05) is 0 Å². The second-order valence-electron chi connectivity index (χ2n) is 4.00. The molecule has 0 fully saturated rings. The van der Waals surface area contributed by atoms with Gasteiger partial charge in [-0.15, -0.1) is 0 Å². The molecule has 1 atom stereocenters. The van der Waals surface area contributed by atoms with Gasteiger partial charge in [0.25, 0.3) is 0 Å². The van der Waals surface area contributed by atoms with Gasteiger partial charge in [0, 0.05) is 17.2 Å². The SMILES string of the molecule is CCC(C)CN(CC)CCCS(=O)(=O)Cl. The summed E-state index contributed by atoms with van der Waals surface area (Å²) in [5, 5.41) is 0. The molecule has 0 N–H and O–H groups in total. The molecule has 0 rings (SSSR count). The van der Waals surface area contributed by atoms with Crippen molar-refractivity contribution in [3.05, 3.63) is 0 Å². The smallest absolute Gasteiger partial charge is 0.232 e. The molecule has 0 aliphatic carbocycles. The Balaban J connectivity index is 3.80. The van der Waals surface area contributed by atoms with Gasteiger partial charge in [-0.3, -0.25) is 0 Å². The fourth-order valence-corrected chi connectivity index (χ4v) is 2.21. The lowest BCUT2D eigenvalue weighted by molar-refractivity contribution is 0.246. The maximum Gasteiger partial charge on any atom is 0.232 e. The Morgan fingerprint density at radius 2 is 1.93 bits per heavy atom. The van der Waals surface area contributed by atoms with Gasteiger partial charge in [-0.1, -0.05) is 27.2 Å². The molecule has 92 valence electrons. The van der Waals surface area contributed by atoms with Crippen molar-refractivity contribution in [1.29, 1.82) is 0 Å². The average Bonchev–Trinajstić information content (AvgIpc) is 2.14. The van der Waals surface area contributed by atoms with E-state index in [9.17, 15) is 8.42 Å². The van der Waals surface area contributed by atoms with Crippen LogP contribution >= 0.6 is 10.7 Å². The standard InChI is InChI=1S/C10H22ClNO2S/c1-4-10(3)9-12(5-2)7-6-8-15(11,13)14/h10H,4-9H2,1-3H3. The van der Waals surface area contributed by atoms with Crippen LogP contribution in [0.2, 0.25) is 0 Å². The molecule has 0 amide bonds. The van der Waals surface area contributed by atoms with E-state index in [0.717, 1.165) is 26.1 Å². The van der Waals surface area contributed by atoms with Crippen LogP contribution in [0.5, 0.6) is 0 Å². The van der Waals surface area contributed by atoms with Crippen molar-refractivity contribution >= 4 is 19.7 Å². The summed E-state index contributed by atoms with van der Waals surface area (Å²) in [6.45, 7) is 9.29. The molecule has 0 saturated heterocycles. The highest BCUT2D eigenvalue weighted by atomic mass is 35.7. The Bertz CT molecular complexity index is 254. The first kappa shape index (κ1) is 15.2. The molecule has 0 aromatic carbocycles. The third-order valence-corrected chi connectivity index (χ3v) is 3.82. The second-order valence-corrected chi connectivity index (χ2v) is 6.90. The Morgan fingerprint density at radius 1 is 1.33 bits per heavy atom. The zero-order chi connectivity index (χ0) is 11.9. The first-order chi connectivity index (χ1) is 6.89. The molecule has 0 spiro atoms. The first-order valence-corrected chi connectivity index (χ1v) is 8.01. The van der Waals surface area contributed by atoms with E-state index in [-0.39, 0.29) is 5.75 Å². The highest BCUT2D eigenvalue weighted by Crippen LogP contribution is 2.06. The van der Waals surface area contributed by atoms with Crippen molar-refractivity contribution in [3.63, 3.8) is 0 Å². The van der Waals surface area contributed by atoms with Crippen molar-refractivity contribution in [3.8, 4) is 0 Å². The molecule has 3 nitrogen and oxygen atoms in total. The number of halogens is 1. The van der Waals surface area contributed by atoms with E-state index in [0.29, 0.717) is 12.3 Å². The average molecular weight is 256 g/mol. The van der Waals surface area contributed by atoms with Crippen molar-refractivity contribution < 1.29 is 8.42 Å². The summed E-state index contributed by atoms with van der Waals surface area (Å²) in [5.74, 6) is 0.739. The maximum atomic E-state index is 10.7. The molecule has 0 heterocycles. The van der Waals surface area contributed by atoms with Gasteiger partial charge in [-0.25, -0.2) is 8.42 Å². The van der Waals surface area contributed by atoms with Crippen LogP contribution in [-0.2, 0) is 9.05 Å². The van der Waals surface area contributed by atoms with Gasteiger partial charge in [0.2, 0.25) is 9.05 Å². The minimum Gasteiger partial charge on any atom is -0.303 e. The van der Waals surface area contributed by atoms with E-state index in [1.165, 1.54) is 0 Å². The van der Waals surface area contributed by atoms with Crippen molar-refractivity contribution in [2.45, 2.75) is 33.6 Å². The van der Waals surface area contributed by atoms with Gasteiger partial charge in [0.05, 0.1) is 5.75 Å². The van der Waals surface area contributed by atoms with Crippen LogP contribution in [0.1, 0.15) is 33.6 Å².